The molecule has 1 rings (SSSR count). The Hall–Kier alpha value is -0.420. The van der Waals surface area contributed by atoms with Crippen molar-refractivity contribution < 1.29 is 9.21 Å². The highest BCUT2D eigenvalue weighted by Crippen LogP contribution is 2.13. The second-order valence-corrected chi connectivity index (χ2v) is 4.12. The van der Waals surface area contributed by atoms with Crippen LogP contribution in [0.25, 0.3) is 0 Å². The number of amides is 1. The van der Waals surface area contributed by atoms with Gasteiger partial charge in [0.2, 0.25) is 0 Å². The van der Waals surface area contributed by atoms with Crippen LogP contribution in [0.3, 0.4) is 0 Å². The maximum Gasteiger partial charge on any atom is 0.287 e. The highest BCUT2D eigenvalue weighted by atomic mass is 79.9. The molecule has 1 aromatic rings. The Morgan fingerprint density at radius 2 is 2.46 bits per heavy atom. The van der Waals surface area contributed by atoms with E-state index in [4.69, 9.17) is 4.42 Å². The maximum absolute atomic E-state index is 11.3. The summed E-state index contributed by atoms with van der Waals surface area (Å²) in [7, 11) is 0. The molecule has 0 aliphatic carbocycles. The molecule has 0 radical (unpaired) electrons. The summed E-state index contributed by atoms with van der Waals surface area (Å²) in [6.07, 6.45) is 2.00. The molecule has 0 unspecified atom stereocenters. The Morgan fingerprint density at radius 3 is 3.00 bits per heavy atom. The van der Waals surface area contributed by atoms with Gasteiger partial charge in [0.05, 0.1) is 0 Å². The molecule has 72 valence electrons. The number of furan rings is 1. The molecule has 0 saturated heterocycles. The molecule has 1 N–H and O–H groups in total. The van der Waals surface area contributed by atoms with Gasteiger partial charge in [-0.25, -0.2) is 0 Å². The normalized spacial score (nSPS) is 10.0. The zero-order chi connectivity index (χ0) is 9.68. The number of carbonyl (C=O) groups is 1. The van der Waals surface area contributed by atoms with Gasteiger partial charge in [-0.2, -0.15) is 11.8 Å². The molecular weight excluding hydrogens is 254 g/mol. The summed E-state index contributed by atoms with van der Waals surface area (Å²) in [6.45, 7) is 0.665. The van der Waals surface area contributed by atoms with E-state index < -0.39 is 0 Å². The van der Waals surface area contributed by atoms with Gasteiger partial charge in [0.1, 0.15) is 0 Å². The number of carbonyl (C=O) groups excluding carboxylic acids is 1. The Kier molecular flexibility index (Phi) is 4.38. The molecule has 0 atom stereocenters. The molecular formula is C8H10BrNO2S. The van der Waals surface area contributed by atoms with Crippen LogP contribution in [0.2, 0.25) is 0 Å². The van der Waals surface area contributed by atoms with Crippen molar-refractivity contribution in [1.29, 1.82) is 0 Å². The molecule has 0 aliphatic heterocycles. The number of thioether (sulfide) groups is 1. The lowest BCUT2D eigenvalue weighted by Crippen LogP contribution is -2.25. The monoisotopic (exact) mass is 263 g/mol. The third kappa shape index (κ3) is 3.44. The van der Waals surface area contributed by atoms with E-state index in [1.165, 1.54) is 0 Å². The van der Waals surface area contributed by atoms with Gasteiger partial charge in [-0.1, -0.05) is 0 Å². The van der Waals surface area contributed by atoms with Crippen LogP contribution in [-0.4, -0.2) is 24.5 Å². The van der Waals surface area contributed by atoms with E-state index >= 15 is 0 Å². The lowest BCUT2D eigenvalue weighted by atomic mass is 10.4. The summed E-state index contributed by atoms with van der Waals surface area (Å²) in [4.78, 5) is 11.3. The highest BCUT2D eigenvalue weighted by molar-refractivity contribution is 9.10. The van der Waals surface area contributed by atoms with Crippen LogP contribution in [0.4, 0.5) is 0 Å². The summed E-state index contributed by atoms with van der Waals surface area (Å²) < 4.78 is 5.65. The van der Waals surface area contributed by atoms with Crippen molar-refractivity contribution in [2.24, 2.45) is 0 Å². The van der Waals surface area contributed by atoms with Gasteiger partial charge in [0.15, 0.2) is 10.4 Å². The van der Waals surface area contributed by atoms with Crippen LogP contribution in [0.1, 0.15) is 10.6 Å². The smallest absolute Gasteiger partial charge is 0.287 e. The summed E-state index contributed by atoms with van der Waals surface area (Å²) in [5.74, 6) is 1.08. The molecule has 0 aliphatic rings. The van der Waals surface area contributed by atoms with Crippen molar-refractivity contribution in [2.75, 3.05) is 18.6 Å². The fourth-order valence-corrected chi connectivity index (χ4v) is 1.40. The molecule has 0 aromatic carbocycles. The zero-order valence-corrected chi connectivity index (χ0v) is 9.57. The topological polar surface area (TPSA) is 42.2 Å². The second-order valence-electron chi connectivity index (χ2n) is 2.35. The standard InChI is InChI=1S/C8H10BrNO2S/c1-13-5-4-10-8(11)6-2-3-7(9)12-6/h2-3H,4-5H2,1H3,(H,10,11). The molecule has 0 bridgehead atoms. The number of rotatable bonds is 4. The SMILES string of the molecule is CSCCNC(=O)c1ccc(Br)o1. The van der Waals surface area contributed by atoms with E-state index in [-0.39, 0.29) is 5.91 Å². The van der Waals surface area contributed by atoms with Gasteiger partial charge in [0, 0.05) is 12.3 Å². The minimum Gasteiger partial charge on any atom is -0.444 e. The first kappa shape index (κ1) is 10.7. The van der Waals surface area contributed by atoms with Crippen LogP contribution in [0.5, 0.6) is 0 Å². The van der Waals surface area contributed by atoms with Gasteiger partial charge in [0.25, 0.3) is 5.91 Å². The fourth-order valence-electron chi connectivity index (χ4n) is 0.790. The van der Waals surface area contributed by atoms with Crippen molar-refractivity contribution >= 4 is 33.6 Å². The number of hydrogen-bond donors (Lipinski definition) is 1. The molecule has 3 nitrogen and oxygen atoms in total. The molecule has 13 heavy (non-hydrogen) atoms. The van der Waals surface area contributed by atoms with E-state index in [0.717, 1.165) is 5.75 Å². The number of halogens is 1. The van der Waals surface area contributed by atoms with Crippen LogP contribution in [0, 0.1) is 0 Å². The Bertz CT molecular complexity index is 287. The molecule has 5 heteroatoms. The quantitative estimate of drug-likeness (QED) is 0.847. The van der Waals surface area contributed by atoms with Crippen molar-refractivity contribution in [3.05, 3.63) is 22.6 Å². The molecule has 0 saturated carbocycles. The molecule has 1 heterocycles. The Labute approximate surface area is 89.4 Å². The minimum atomic E-state index is -0.167. The number of hydrogen-bond acceptors (Lipinski definition) is 3. The molecule has 0 spiro atoms. The average Bonchev–Trinajstić information content (AvgIpc) is 2.52. The summed E-state index contributed by atoms with van der Waals surface area (Å²) in [6, 6.07) is 3.34. The zero-order valence-electron chi connectivity index (χ0n) is 7.17. The summed E-state index contributed by atoms with van der Waals surface area (Å²) in [5, 5.41) is 2.74. The molecule has 0 fully saturated rings. The van der Waals surface area contributed by atoms with Crippen molar-refractivity contribution in [3.63, 3.8) is 0 Å². The first-order chi connectivity index (χ1) is 6.24. The third-order valence-corrected chi connectivity index (χ3v) is 2.43. The summed E-state index contributed by atoms with van der Waals surface area (Å²) >= 11 is 4.82. The lowest BCUT2D eigenvalue weighted by Gasteiger charge is -1.99. The number of nitrogens with one attached hydrogen (secondary N) is 1. The molecule has 1 amide bonds. The fraction of sp³-hybridized carbons (Fsp3) is 0.375. The second kappa shape index (κ2) is 5.34. The van der Waals surface area contributed by atoms with Crippen LogP contribution >= 0.6 is 27.7 Å². The first-order valence-electron chi connectivity index (χ1n) is 3.76. The molecule has 1 aromatic heterocycles. The van der Waals surface area contributed by atoms with E-state index in [0.29, 0.717) is 17.0 Å². The first-order valence-corrected chi connectivity index (χ1v) is 5.95. The largest absolute Gasteiger partial charge is 0.444 e. The van der Waals surface area contributed by atoms with Crippen LogP contribution in [-0.2, 0) is 0 Å². The van der Waals surface area contributed by atoms with Gasteiger partial charge >= 0.3 is 0 Å². The van der Waals surface area contributed by atoms with Crippen LogP contribution in [0.15, 0.2) is 21.2 Å². The van der Waals surface area contributed by atoms with Crippen molar-refractivity contribution in [1.82, 2.24) is 5.32 Å². The van der Waals surface area contributed by atoms with Gasteiger partial charge in [-0.15, -0.1) is 0 Å². The van der Waals surface area contributed by atoms with Gasteiger partial charge in [-0.3, -0.25) is 4.79 Å². The van der Waals surface area contributed by atoms with E-state index in [1.807, 2.05) is 6.26 Å². The highest BCUT2D eigenvalue weighted by Gasteiger charge is 2.08. The van der Waals surface area contributed by atoms with Crippen LogP contribution < -0.4 is 5.32 Å². The van der Waals surface area contributed by atoms with Crippen molar-refractivity contribution in [3.8, 4) is 0 Å². The predicted molar refractivity (Wildman–Crippen MR) is 57.1 cm³/mol. The maximum atomic E-state index is 11.3. The van der Waals surface area contributed by atoms with E-state index in [9.17, 15) is 4.79 Å². The van der Waals surface area contributed by atoms with E-state index in [1.54, 1.807) is 23.9 Å². The van der Waals surface area contributed by atoms with Crippen molar-refractivity contribution in [2.45, 2.75) is 0 Å². The Morgan fingerprint density at radius 1 is 1.69 bits per heavy atom. The summed E-state index contributed by atoms with van der Waals surface area (Å²) in [5.41, 5.74) is 0. The van der Waals surface area contributed by atoms with Gasteiger partial charge < -0.3 is 9.73 Å². The average molecular weight is 264 g/mol. The van der Waals surface area contributed by atoms with Gasteiger partial charge in [-0.05, 0) is 34.3 Å². The van der Waals surface area contributed by atoms with E-state index in [2.05, 4.69) is 21.2 Å². The third-order valence-electron chi connectivity index (χ3n) is 1.39. The Balaban J connectivity index is 2.40. The predicted octanol–water partition coefficient (Wildman–Crippen LogP) is 2.13. The minimum absolute atomic E-state index is 0.167. The lowest BCUT2D eigenvalue weighted by molar-refractivity contribution is 0.0927.